The third-order valence-electron chi connectivity index (χ3n) is 6.01. The van der Waals surface area contributed by atoms with Crippen molar-refractivity contribution in [1.29, 1.82) is 0 Å². The van der Waals surface area contributed by atoms with Gasteiger partial charge >= 0.3 is 5.97 Å². The Bertz CT molecular complexity index is 544. The summed E-state index contributed by atoms with van der Waals surface area (Å²) in [6, 6.07) is 0. The molecule has 2 N–H and O–H groups in total. The van der Waals surface area contributed by atoms with Gasteiger partial charge in [-0.15, -0.1) is 11.6 Å². The Hall–Kier alpha value is -0.620. The lowest BCUT2D eigenvalue weighted by molar-refractivity contribution is -0.164. The zero-order valence-corrected chi connectivity index (χ0v) is 12.7. The molecule has 116 valence electrons. The number of hydrogen-bond donors (Lipinski definition) is 2. The quantitative estimate of drug-likeness (QED) is 0.321. The Labute approximate surface area is 127 Å². The molecule has 2 aliphatic heterocycles. The second-order valence-electron chi connectivity index (χ2n) is 7.08. The number of fused-ring (bicyclic) bond motifs is 2. The number of aliphatic hydroxyl groups excluding tert-OH is 1. The van der Waals surface area contributed by atoms with Gasteiger partial charge in [0.25, 0.3) is 0 Å². The fourth-order valence-corrected chi connectivity index (χ4v) is 5.40. The molecule has 21 heavy (non-hydrogen) atoms. The molecule has 1 spiro atoms. The Morgan fingerprint density at radius 1 is 1.52 bits per heavy atom. The van der Waals surface area contributed by atoms with Gasteiger partial charge in [-0.1, -0.05) is 6.58 Å². The molecule has 0 radical (unpaired) electrons. The van der Waals surface area contributed by atoms with Crippen molar-refractivity contribution in [2.75, 3.05) is 0 Å². The minimum Gasteiger partial charge on any atom is -0.458 e. The van der Waals surface area contributed by atoms with E-state index in [2.05, 4.69) is 6.58 Å². The highest BCUT2D eigenvalue weighted by Crippen LogP contribution is 2.70. The molecule has 3 unspecified atom stereocenters. The van der Waals surface area contributed by atoms with Crippen LogP contribution in [0, 0.1) is 17.8 Å². The van der Waals surface area contributed by atoms with Crippen molar-refractivity contribution in [3.05, 3.63) is 12.2 Å². The molecule has 0 aromatic heterocycles. The van der Waals surface area contributed by atoms with E-state index in [-0.39, 0.29) is 17.9 Å². The topological polar surface area (TPSA) is 79.3 Å². The summed E-state index contributed by atoms with van der Waals surface area (Å²) in [6.45, 7) is 7.20. The normalized spacial score (nSPS) is 59.1. The van der Waals surface area contributed by atoms with Crippen LogP contribution in [-0.2, 0) is 14.3 Å². The van der Waals surface area contributed by atoms with Gasteiger partial charge in [-0.05, 0) is 20.3 Å². The zero-order chi connectivity index (χ0) is 15.3. The first-order valence-electron chi connectivity index (χ1n) is 7.35. The van der Waals surface area contributed by atoms with Gasteiger partial charge in [0.2, 0.25) is 0 Å². The second kappa shape index (κ2) is 3.82. The molecule has 2 heterocycles. The summed E-state index contributed by atoms with van der Waals surface area (Å²) in [7, 11) is 0. The number of carbonyl (C=O) groups excluding carboxylic acids is 1. The van der Waals surface area contributed by atoms with E-state index in [4.69, 9.17) is 21.1 Å². The second-order valence-corrected chi connectivity index (χ2v) is 7.55. The van der Waals surface area contributed by atoms with Gasteiger partial charge in [-0.3, -0.25) is 0 Å². The lowest BCUT2D eigenvalue weighted by Crippen LogP contribution is -2.58. The Balaban J connectivity index is 1.83. The highest BCUT2D eigenvalue weighted by molar-refractivity contribution is 6.22. The van der Waals surface area contributed by atoms with Crippen molar-refractivity contribution in [1.82, 2.24) is 0 Å². The number of esters is 1. The SMILES string of the molecule is C=C1C(=O)O[C@H]2C1C[C@@H]([C@H](C)O)[C@@]13OC1[C@@H](Cl)[C@](C)(O)C23. The first-order chi connectivity index (χ1) is 9.72. The van der Waals surface area contributed by atoms with Crippen molar-refractivity contribution in [3.8, 4) is 0 Å². The van der Waals surface area contributed by atoms with Crippen molar-refractivity contribution in [3.63, 3.8) is 0 Å². The molecule has 5 nitrogen and oxygen atoms in total. The molecular formula is C15H19ClO5. The lowest BCUT2D eigenvalue weighted by Gasteiger charge is -2.46. The van der Waals surface area contributed by atoms with Crippen molar-refractivity contribution >= 4 is 17.6 Å². The standard InChI is InChI=1S/C15H19ClO5/c1-5-7-4-8(6(2)17)15-10(9(7)20-13(5)18)14(3,19)11(16)12(15)21-15/h6-12,17,19H,1,4H2,2-3H3/t6-,7?,8-,9-,10?,11+,12?,14+,15-/m0/s1. The number of epoxide rings is 1. The monoisotopic (exact) mass is 314 g/mol. The van der Waals surface area contributed by atoms with E-state index in [0.29, 0.717) is 12.0 Å². The zero-order valence-electron chi connectivity index (χ0n) is 12.0. The first-order valence-corrected chi connectivity index (χ1v) is 7.78. The minimum atomic E-state index is -1.20. The number of halogens is 1. The van der Waals surface area contributed by atoms with Gasteiger partial charge < -0.3 is 19.7 Å². The molecular weight excluding hydrogens is 296 g/mol. The predicted octanol–water partition coefficient (Wildman–Crippen LogP) is 0.611. The maximum Gasteiger partial charge on any atom is 0.334 e. The van der Waals surface area contributed by atoms with Crippen molar-refractivity contribution in [2.45, 2.75) is 55.2 Å². The Kier molecular flexibility index (Phi) is 2.55. The molecule has 0 bridgehead atoms. The molecule has 0 aromatic carbocycles. The van der Waals surface area contributed by atoms with Crippen LogP contribution in [0.2, 0.25) is 0 Å². The van der Waals surface area contributed by atoms with Gasteiger partial charge in [0.1, 0.15) is 17.8 Å². The van der Waals surface area contributed by atoms with Crippen LogP contribution in [0.4, 0.5) is 0 Å². The van der Waals surface area contributed by atoms with Crippen LogP contribution in [0.1, 0.15) is 20.3 Å². The van der Waals surface area contributed by atoms with E-state index in [1.807, 2.05) is 0 Å². The summed E-state index contributed by atoms with van der Waals surface area (Å²) < 4.78 is 11.3. The summed E-state index contributed by atoms with van der Waals surface area (Å²) in [6.07, 6.45) is -0.810. The van der Waals surface area contributed by atoms with Crippen LogP contribution in [0.25, 0.3) is 0 Å². The fraction of sp³-hybridized carbons (Fsp3) is 0.800. The van der Waals surface area contributed by atoms with E-state index in [1.165, 1.54) is 0 Å². The summed E-state index contributed by atoms with van der Waals surface area (Å²) >= 11 is 6.38. The number of alkyl halides is 1. The van der Waals surface area contributed by atoms with Crippen molar-refractivity contribution in [2.24, 2.45) is 17.8 Å². The molecule has 2 saturated carbocycles. The largest absolute Gasteiger partial charge is 0.458 e. The van der Waals surface area contributed by atoms with Gasteiger partial charge in [0.15, 0.2) is 0 Å². The summed E-state index contributed by atoms with van der Waals surface area (Å²) in [5.74, 6) is -1.22. The van der Waals surface area contributed by atoms with Gasteiger partial charge in [0, 0.05) is 17.4 Å². The van der Waals surface area contributed by atoms with E-state index < -0.39 is 40.7 Å². The molecule has 4 rings (SSSR count). The number of hydrogen-bond acceptors (Lipinski definition) is 5. The van der Waals surface area contributed by atoms with E-state index in [0.717, 1.165) is 0 Å². The molecule has 2 aliphatic carbocycles. The third kappa shape index (κ3) is 1.41. The number of ether oxygens (including phenoxy) is 2. The average molecular weight is 315 g/mol. The predicted molar refractivity (Wildman–Crippen MR) is 73.7 cm³/mol. The highest BCUT2D eigenvalue weighted by atomic mass is 35.5. The number of aliphatic hydroxyl groups is 2. The summed E-state index contributed by atoms with van der Waals surface area (Å²) in [5.41, 5.74) is -1.46. The molecule has 4 fully saturated rings. The van der Waals surface area contributed by atoms with Crippen LogP contribution in [0.15, 0.2) is 12.2 Å². The molecule has 0 amide bonds. The fourth-order valence-electron chi connectivity index (χ4n) is 5.02. The molecule has 9 atom stereocenters. The van der Waals surface area contributed by atoms with Crippen LogP contribution >= 0.6 is 11.6 Å². The van der Waals surface area contributed by atoms with Crippen LogP contribution in [-0.4, -0.2) is 51.1 Å². The van der Waals surface area contributed by atoms with Gasteiger partial charge in [0.05, 0.1) is 23.0 Å². The van der Waals surface area contributed by atoms with Crippen LogP contribution in [0.3, 0.4) is 0 Å². The molecule has 0 aromatic rings. The van der Waals surface area contributed by atoms with E-state index >= 15 is 0 Å². The Morgan fingerprint density at radius 2 is 2.19 bits per heavy atom. The first kappa shape index (κ1) is 14.0. The van der Waals surface area contributed by atoms with Crippen LogP contribution in [0.5, 0.6) is 0 Å². The molecule has 6 heteroatoms. The third-order valence-corrected chi connectivity index (χ3v) is 6.68. The summed E-state index contributed by atoms with van der Waals surface area (Å²) in [4.78, 5) is 11.9. The van der Waals surface area contributed by atoms with E-state index in [1.54, 1.807) is 13.8 Å². The maximum atomic E-state index is 11.9. The van der Waals surface area contributed by atoms with Gasteiger partial charge in [-0.2, -0.15) is 0 Å². The van der Waals surface area contributed by atoms with Crippen LogP contribution < -0.4 is 0 Å². The highest BCUT2D eigenvalue weighted by Gasteiger charge is 2.84. The Morgan fingerprint density at radius 3 is 2.81 bits per heavy atom. The number of carbonyl (C=O) groups is 1. The number of rotatable bonds is 1. The van der Waals surface area contributed by atoms with E-state index in [9.17, 15) is 15.0 Å². The minimum absolute atomic E-state index is 0.185. The van der Waals surface area contributed by atoms with Gasteiger partial charge in [-0.25, -0.2) is 4.79 Å². The lowest BCUT2D eigenvalue weighted by atomic mass is 9.62. The molecule has 4 aliphatic rings. The van der Waals surface area contributed by atoms with Crippen molar-refractivity contribution < 1.29 is 24.5 Å². The average Bonchev–Trinajstić information content (AvgIpc) is 2.98. The smallest absolute Gasteiger partial charge is 0.334 e. The maximum absolute atomic E-state index is 11.9. The summed E-state index contributed by atoms with van der Waals surface area (Å²) in [5, 5.41) is 20.5. The molecule has 2 saturated heterocycles.